The number of rotatable bonds is 2. The standard InChI is InChI=1S/C11H15NO2S/c1-8-5-9(12(13)14)7-10(6-8)15-11(2,3)4/h5-7H,1-4H3. The van der Waals surface area contributed by atoms with E-state index in [-0.39, 0.29) is 15.4 Å². The molecule has 82 valence electrons. The molecule has 0 spiro atoms. The highest BCUT2D eigenvalue weighted by Gasteiger charge is 2.15. The number of nitro groups is 1. The smallest absolute Gasteiger partial charge is 0.258 e. The Balaban J connectivity index is 3.04. The summed E-state index contributed by atoms with van der Waals surface area (Å²) in [4.78, 5) is 11.3. The number of benzene rings is 1. The molecule has 0 aliphatic heterocycles. The third-order valence-corrected chi connectivity index (χ3v) is 2.75. The first-order valence-corrected chi connectivity index (χ1v) is 5.55. The Bertz CT molecular complexity index is 383. The van der Waals surface area contributed by atoms with E-state index in [4.69, 9.17) is 0 Å². The minimum absolute atomic E-state index is 0.0711. The lowest BCUT2D eigenvalue weighted by Crippen LogP contribution is -2.06. The van der Waals surface area contributed by atoms with Gasteiger partial charge in [0.2, 0.25) is 0 Å². The Hall–Kier alpha value is -1.03. The minimum Gasteiger partial charge on any atom is -0.258 e. The molecular weight excluding hydrogens is 210 g/mol. The number of thioether (sulfide) groups is 1. The van der Waals surface area contributed by atoms with Gasteiger partial charge in [-0.25, -0.2) is 0 Å². The number of nitro benzene ring substituents is 1. The zero-order chi connectivity index (χ0) is 11.6. The van der Waals surface area contributed by atoms with Crippen molar-refractivity contribution in [2.45, 2.75) is 37.3 Å². The van der Waals surface area contributed by atoms with Gasteiger partial charge in [-0.2, -0.15) is 0 Å². The highest BCUT2D eigenvalue weighted by atomic mass is 32.2. The lowest BCUT2D eigenvalue weighted by Gasteiger charge is -2.17. The maximum Gasteiger partial charge on any atom is 0.270 e. The van der Waals surface area contributed by atoms with Crippen LogP contribution in [-0.2, 0) is 0 Å². The SMILES string of the molecule is Cc1cc(SC(C)(C)C)cc([N+](=O)[O-])c1. The number of aryl methyl sites for hydroxylation is 1. The molecule has 0 fully saturated rings. The molecule has 0 bridgehead atoms. The highest BCUT2D eigenvalue weighted by molar-refractivity contribution is 8.00. The van der Waals surface area contributed by atoms with Crippen LogP contribution < -0.4 is 0 Å². The van der Waals surface area contributed by atoms with Crippen LogP contribution in [0, 0.1) is 17.0 Å². The van der Waals surface area contributed by atoms with Crippen LogP contribution in [0.5, 0.6) is 0 Å². The van der Waals surface area contributed by atoms with E-state index in [0.717, 1.165) is 10.5 Å². The van der Waals surface area contributed by atoms with Crippen molar-refractivity contribution in [1.82, 2.24) is 0 Å². The second kappa shape index (κ2) is 4.23. The maximum absolute atomic E-state index is 10.7. The molecule has 0 atom stereocenters. The summed E-state index contributed by atoms with van der Waals surface area (Å²) in [6, 6.07) is 5.19. The van der Waals surface area contributed by atoms with Gasteiger partial charge < -0.3 is 0 Å². The van der Waals surface area contributed by atoms with E-state index >= 15 is 0 Å². The molecule has 0 radical (unpaired) electrons. The lowest BCUT2D eigenvalue weighted by atomic mass is 10.2. The molecule has 1 rings (SSSR count). The van der Waals surface area contributed by atoms with E-state index in [9.17, 15) is 10.1 Å². The molecule has 0 heterocycles. The Morgan fingerprint density at radius 3 is 2.33 bits per heavy atom. The topological polar surface area (TPSA) is 43.1 Å². The third kappa shape index (κ3) is 3.91. The van der Waals surface area contributed by atoms with E-state index in [0.29, 0.717) is 0 Å². The zero-order valence-corrected chi connectivity index (χ0v) is 10.2. The molecule has 0 aliphatic carbocycles. The lowest BCUT2D eigenvalue weighted by molar-refractivity contribution is -0.385. The van der Waals surface area contributed by atoms with Gasteiger partial charge >= 0.3 is 0 Å². The molecule has 0 aliphatic rings. The van der Waals surface area contributed by atoms with Crippen LogP contribution in [0.3, 0.4) is 0 Å². The summed E-state index contributed by atoms with van der Waals surface area (Å²) in [6.45, 7) is 8.14. The van der Waals surface area contributed by atoms with Gasteiger partial charge in [0.1, 0.15) is 0 Å². The van der Waals surface area contributed by atoms with Gasteiger partial charge in [-0.05, 0) is 18.6 Å². The van der Waals surface area contributed by atoms with Gasteiger partial charge in [0, 0.05) is 21.8 Å². The van der Waals surface area contributed by atoms with Crippen molar-refractivity contribution in [3.05, 3.63) is 33.9 Å². The average Bonchev–Trinajstić information content (AvgIpc) is 1.99. The van der Waals surface area contributed by atoms with Gasteiger partial charge in [-0.3, -0.25) is 10.1 Å². The first-order valence-electron chi connectivity index (χ1n) is 4.73. The van der Waals surface area contributed by atoms with Crippen LogP contribution in [0.15, 0.2) is 23.1 Å². The summed E-state index contributed by atoms with van der Waals surface area (Å²) in [5, 5.41) is 10.7. The quantitative estimate of drug-likeness (QED) is 0.437. The van der Waals surface area contributed by atoms with Crippen LogP contribution in [0.1, 0.15) is 26.3 Å². The van der Waals surface area contributed by atoms with Gasteiger partial charge in [0.15, 0.2) is 0 Å². The molecule has 0 amide bonds. The molecule has 4 heteroatoms. The summed E-state index contributed by atoms with van der Waals surface area (Å²) in [6.07, 6.45) is 0. The maximum atomic E-state index is 10.7. The Morgan fingerprint density at radius 1 is 1.27 bits per heavy atom. The minimum atomic E-state index is -0.348. The number of hydrogen-bond acceptors (Lipinski definition) is 3. The predicted octanol–water partition coefficient (Wildman–Crippen LogP) is 3.79. The van der Waals surface area contributed by atoms with E-state index < -0.39 is 0 Å². The van der Waals surface area contributed by atoms with Crippen molar-refractivity contribution in [2.24, 2.45) is 0 Å². The zero-order valence-electron chi connectivity index (χ0n) is 9.40. The first-order chi connectivity index (χ1) is 6.78. The monoisotopic (exact) mass is 225 g/mol. The second-order valence-electron chi connectivity index (χ2n) is 4.48. The summed E-state index contributed by atoms with van der Waals surface area (Å²) in [5.41, 5.74) is 1.10. The molecule has 3 nitrogen and oxygen atoms in total. The summed E-state index contributed by atoms with van der Waals surface area (Å²) < 4.78 is 0.0711. The number of hydrogen-bond donors (Lipinski definition) is 0. The van der Waals surface area contributed by atoms with Crippen LogP contribution in [-0.4, -0.2) is 9.67 Å². The molecule has 1 aromatic carbocycles. The average molecular weight is 225 g/mol. The van der Waals surface area contributed by atoms with E-state index in [1.807, 2.05) is 13.0 Å². The first kappa shape index (κ1) is 12.0. The van der Waals surface area contributed by atoms with E-state index in [1.165, 1.54) is 0 Å². The van der Waals surface area contributed by atoms with Gasteiger partial charge in [0.25, 0.3) is 5.69 Å². The summed E-state index contributed by atoms with van der Waals surface area (Å²) in [7, 11) is 0. The normalized spacial score (nSPS) is 11.5. The molecule has 0 unspecified atom stereocenters. The van der Waals surface area contributed by atoms with Crippen LogP contribution in [0.4, 0.5) is 5.69 Å². The highest BCUT2D eigenvalue weighted by Crippen LogP contribution is 2.34. The van der Waals surface area contributed by atoms with Crippen LogP contribution >= 0.6 is 11.8 Å². The van der Waals surface area contributed by atoms with Crippen molar-refractivity contribution in [1.29, 1.82) is 0 Å². The van der Waals surface area contributed by atoms with Gasteiger partial charge in [0.05, 0.1) is 4.92 Å². The Morgan fingerprint density at radius 2 is 1.87 bits per heavy atom. The predicted molar refractivity (Wildman–Crippen MR) is 63.4 cm³/mol. The Kier molecular flexibility index (Phi) is 3.39. The number of non-ortho nitro benzene ring substituents is 1. The van der Waals surface area contributed by atoms with Crippen molar-refractivity contribution in [2.75, 3.05) is 0 Å². The summed E-state index contributed by atoms with van der Waals surface area (Å²) in [5.74, 6) is 0. The van der Waals surface area contributed by atoms with Crippen molar-refractivity contribution >= 4 is 17.4 Å². The fourth-order valence-corrected chi connectivity index (χ4v) is 2.38. The molecular formula is C11H15NO2S. The largest absolute Gasteiger partial charge is 0.270 e. The fourth-order valence-electron chi connectivity index (χ4n) is 1.25. The number of nitrogens with zero attached hydrogens (tertiary/aromatic N) is 1. The second-order valence-corrected chi connectivity index (χ2v) is 6.38. The molecule has 15 heavy (non-hydrogen) atoms. The van der Waals surface area contributed by atoms with Crippen molar-refractivity contribution in [3.8, 4) is 0 Å². The van der Waals surface area contributed by atoms with Crippen LogP contribution in [0.25, 0.3) is 0 Å². The van der Waals surface area contributed by atoms with Gasteiger partial charge in [-0.1, -0.05) is 20.8 Å². The summed E-state index contributed by atoms with van der Waals surface area (Å²) >= 11 is 1.64. The molecule has 0 N–H and O–H groups in total. The van der Waals surface area contributed by atoms with E-state index in [1.54, 1.807) is 23.9 Å². The van der Waals surface area contributed by atoms with E-state index in [2.05, 4.69) is 20.8 Å². The third-order valence-electron chi connectivity index (χ3n) is 1.67. The molecule has 0 aromatic heterocycles. The van der Waals surface area contributed by atoms with Crippen molar-refractivity contribution < 1.29 is 4.92 Å². The van der Waals surface area contributed by atoms with Crippen molar-refractivity contribution in [3.63, 3.8) is 0 Å². The molecule has 1 aromatic rings. The molecule has 0 saturated carbocycles. The fraction of sp³-hybridized carbons (Fsp3) is 0.455. The van der Waals surface area contributed by atoms with Gasteiger partial charge in [-0.15, -0.1) is 11.8 Å². The molecule has 0 saturated heterocycles. The van der Waals surface area contributed by atoms with Crippen LogP contribution in [0.2, 0.25) is 0 Å². The Labute approximate surface area is 94.0 Å².